The third-order valence-electron chi connectivity index (χ3n) is 6.04. The third kappa shape index (κ3) is 6.41. The number of rotatable bonds is 9. The van der Waals surface area contributed by atoms with Crippen molar-refractivity contribution in [1.29, 1.82) is 0 Å². The van der Waals surface area contributed by atoms with E-state index < -0.39 is 36.0 Å². The monoisotopic (exact) mass is 494 g/mol. The summed E-state index contributed by atoms with van der Waals surface area (Å²) in [6.45, 7) is 7.43. The number of aliphatic carboxylic acids is 1. The number of nitrogens with zero attached hydrogens (tertiary/aromatic N) is 1. The summed E-state index contributed by atoms with van der Waals surface area (Å²) in [7, 11) is 0. The lowest BCUT2D eigenvalue weighted by Gasteiger charge is -2.39. The first-order valence-corrected chi connectivity index (χ1v) is 12.1. The average molecular weight is 495 g/mol. The Morgan fingerprint density at radius 3 is 2.19 bits per heavy atom. The molecule has 3 rings (SSSR count). The highest BCUT2D eigenvalue weighted by atomic mass is 16.4. The molecule has 192 valence electrons. The molecule has 0 bridgehead atoms. The highest BCUT2D eigenvalue weighted by Crippen LogP contribution is 2.34. The van der Waals surface area contributed by atoms with Gasteiger partial charge in [-0.1, -0.05) is 70.2 Å². The smallest absolute Gasteiger partial charge is 0.326 e. The van der Waals surface area contributed by atoms with Crippen LogP contribution in [0.3, 0.4) is 0 Å². The fourth-order valence-electron chi connectivity index (χ4n) is 4.34. The van der Waals surface area contributed by atoms with E-state index in [1.54, 1.807) is 24.3 Å². The van der Waals surface area contributed by atoms with Crippen LogP contribution in [0.25, 0.3) is 0 Å². The molecule has 9 heteroatoms. The summed E-state index contributed by atoms with van der Waals surface area (Å²) in [5.41, 5.74) is 1.82. The van der Waals surface area contributed by atoms with Gasteiger partial charge >= 0.3 is 12.0 Å². The highest BCUT2D eigenvalue weighted by Gasteiger charge is 2.40. The number of hydrogen-bond donors (Lipinski definition) is 4. The van der Waals surface area contributed by atoms with Crippen molar-refractivity contribution in [2.45, 2.75) is 58.7 Å². The number of carboxylic acids is 1. The van der Waals surface area contributed by atoms with Crippen LogP contribution >= 0.6 is 0 Å². The van der Waals surface area contributed by atoms with Gasteiger partial charge in [0.2, 0.25) is 11.8 Å². The summed E-state index contributed by atoms with van der Waals surface area (Å²) in [6, 6.07) is 12.6. The van der Waals surface area contributed by atoms with Gasteiger partial charge in [0.05, 0.1) is 11.4 Å². The molecule has 0 saturated carbocycles. The summed E-state index contributed by atoms with van der Waals surface area (Å²) in [5.74, 6) is -2.21. The number of carboxylic acid groups (broad SMARTS) is 1. The number of urea groups is 1. The molecule has 4 N–H and O–H groups in total. The van der Waals surface area contributed by atoms with E-state index in [1.807, 2.05) is 58.0 Å². The van der Waals surface area contributed by atoms with E-state index in [9.17, 15) is 24.3 Å². The van der Waals surface area contributed by atoms with Crippen LogP contribution in [0.2, 0.25) is 0 Å². The van der Waals surface area contributed by atoms with Gasteiger partial charge in [-0.15, -0.1) is 0 Å². The summed E-state index contributed by atoms with van der Waals surface area (Å²) >= 11 is 0. The Kier molecular flexibility index (Phi) is 8.68. The summed E-state index contributed by atoms with van der Waals surface area (Å²) in [6.07, 6.45) is 0.405. The largest absolute Gasteiger partial charge is 0.480 e. The molecular weight excluding hydrogens is 460 g/mol. The van der Waals surface area contributed by atoms with E-state index in [2.05, 4.69) is 16.0 Å². The van der Waals surface area contributed by atoms with Gasteiger partial charge < -0.3 is 21.1 Å². The van der Waals surface area contributed by atoms with Gasteiger partial charge in [-0.25, -0.2) is 9.59 Å². The van der Waals surface area contributed by atoms with Crippen LogP contribution in [0.4, 0.5) is 16.2 Å². The molecule has 0 radical (unpaired) electrons. The van der Waals surface area contributed by atoms with Gasteiger partial charge in [0.1, 0.15) is 18.1 Å². The van der Waals surface area contributed by atoms with Gasteiger partial charge in [-0.05, 0) is 36.0 Å². The first kappa shape index (κ1) is 26.7. The number of para-hydroxylation sites is 2. The lowest BCUT2D eigenvalue weighted by Crippen LogP contribution is -2.60. The minimum atomic E-state index is -1.14. The van der Waals surface area contributed by atoms with E-state index in [0.717, 1.165) is 5.56 Å². The molecule has 3 atom stereocenters. The van der Waals surface area contributed by atoms with Gasteiger partial charge in [0.25, 0.3) is 0 Å². The minimum Gasteiger partial charge on any atom is -0.480 e. The second-order valence-electron chi connectivity index (χ2n) is 9.79. The third-order valence-corrected chi connectivity index (χ3v) is 6.04. The van der Waals surface area contributed by atoms with E-state index in [1.165, 1.54) is 4.90 Å². The molecule has 0 unspecified atom stereocenters. The zero-order valence-corrected chi connectivity index (χ0v) is 21.0. The number of carbonyl (C=O) groups is 4. The molecule has 2 aromatic rings. The Labute approximate surface area is 211 Å². The van der Waals surface area contributed by atoms with Crippen LogP contribution in [0, 0.1) is 11.8 Å². The molecule has 1 aliphatic heterocycles. The Morgan fingerprint density at radius 2 is 1.58 bits per heavy atom. The topological polar surface area (TPSA) is 128 Å². The van der Waals surface area contributed by atoms with E-state index in [-0.39, 0.29) is 30.6 Å². The molecule has 1 aliphatic rings. The average Bonchev–Trinajstić information content (AvgIpc) is 2.82. The predicted molar refractivity (Wildman–Crippen MR) is 138 cm³/mol. The minimum absolute atomic E-state index is 0.0451. The number of amides is 4. The second-order valence-corrected chi connectivity index (χ2v) is 9.79. The number of carbonyl (C=O) groups excluding carboxylic acids is 3. The van der Waals surface area contributed by atoms with E-state index in [4.69, 9.17) is 0 Å². The molecule has 9 nitrogen and oxygen atoms in total. The lowest BCUT2D eigenvalue weighted by atomic mass is 9.97. The van der Waals surface area contributed by atoms with Crippen LogP contribution in [0.1, 0.15) is 39.7 Å². The lowest BCUT2D eigenvalue weighted by molar-refractivity contribution is -0.142. The zero-order chi connectivity index (χ0) is 26.4. The Morgan fingerprint density at radius 1 is 0.944 bits per heavy atom. The SMILES string of the molecule is CC(C)C[C@H](NC(=O)[C@H](Cc1ccccc1)NC(=O)N1c2ccccc2NC(=O)[C@H]1C(C)C)C(=O)O. The summed E-state index contributed by atoms with van der Waals surface area (Å²) in [5, 5.41) is 17.8. The molecule has 4 amide bonds. The number of benzene rings is 2. The number of fused-ring (bicyclic) bond motifs is 1. The van der Waals surface area contributed by atoms with Crippen molar-refractivity contribution in [1.82, 2.24) is 10.6 Å². The molecule has 0 aliphatic carbocycles. The molecule has 0 spiro atoms. The normalized spacial score (nSPS) is 16.7. The van der Waals surface area contributed by atoms with Crippen LogP contribution in [0.5, 0.6) is 0 Å². The van der Waals surface area contributed by atoms with Crippen molar-refractivity contribution in [2.75, 3.05) is 10.2 Å². The van der Waals surface area contributed by atoms with Gasteiger partial charge in [0, 0.05) is 6.42 Å². The zero-order valence-electron chi connectivity index (χ0n) is 21.0. The van der Waals surface area contributed by atoms with Crippen molar-refractivity contribution < 1.29 is 24.3 Å². The molecule has 36 heavy (non-hydrogen) atoms. The predicted octanol–water partition coefficient (Wildman–Crippen LogP) is 3.41. The first-order chi connectivity index (χ1) is 17.1. The fourth-order valence-corrected chi connectivity index (χ4v) is 4.34. The van der Waals surface area contributed by atoms with Crippen LogP contribution < -0.4 is 20.9 Å². The fraction of sp³-hybridized carbons (Fsp3) is 0.407. The van der Waals surface area contributed by atoms with Crippen molar-refractivity contribution in [3.8, 4) is 0 Å². The molecule has 2 aromatic carbocycles. The second kappa shape index (κ2) is 11.7. The number of hydrogen-bond acceptors (Lipinski definition) is 4. The maximum absolute atomic E-state index is 13.7. The summed E-state index contributed by atoms with van der Waals surface area (Å²) < 4.78 is 0. The first-order valence-electron chi connectivity index (χ1n) is 12.1. The standard InChI is InChI=1S/C27H34N4O5/c1-16(2)14-21(26(34)35)29-24(32)20(15-18-10-6-5-7-11-18)30-27(36)31-22-13-9-8-12-19(22)28-25(33)23(31)17(3)4/h5-13,16-17,20-21,23H,14-15H2,1-4H3,(H,28,33)(H,29,32)(H,30,36)(H,34,35)/t20-,21-,23+/m0/s1. The van der Waals surface area contributed by atoms with Crippen molar-refractivity contribution in [2.24, 2.45) is 11.8 Å². The number of anilines is 2. The van der Waals surface area contributed by atoms with Gasteiger partial charge in [-0.3, -0.25) is 14.5 Å². The number of nitrogens with one attached hydrogen (secondary N) is 3. The van der Waals surface area contributed by atoms with Crippen LogP contribution in [-0.2, 0) is 20.8 Å². The Hall–Kier alpha value is -3.88. The molecule has 0 saturated heterocycles. The maximum Gasteiger partial charge on any atom is 0.326 e. The Balaban J connectivity index is 1.92. The van der Waals surface area contributed by atoms with Crippen molar-refractivity contribution >= 4 is 35.2 Å². The molecular formula is C27H34N4O5. The Bertz CT molecular complexity index is 1100. The molecule has 0 aromatic heterocycles. The van der Waals surface area contributed by atoms with Gasteiger partial charge in [-0.2, -0.15) is 0 Å². The van der Waals surface area contributed by atoms with Gasteiger partial charge in [0.15, 0.2) is 0 Å². The van der Waals surface area contributed by atoms with Crippen LogP contribution in [0.15, 0.2) is 54.6 Å². The summed E-state index contributed by atoms with van der Waals surface area (Å²) in [4.78, 5) is 53.0. The van der Waals surface area contributed by atoms with Crippen molar-refractivity contribution in [3.05, 3.63) is 60.2 Å². The van der Waals surface area contributed by atoms with Crippen LogP contribution in [-0.4, -0.2) is 47.0 Å². The highest BCUT2D eigenvalue weighted by molar-refractivity contribution is 6.12. The quantitative estimate of drug-likeness (QED) is 0.425. The van der Waals surface area contributed by atoms with E-state index >= 15 is 0 Å². The van der Waals surface area contributed by atoms with Crippen molar-refractivity contribution in [3.63, 3.8) is 0 Å². The van der Waals surface area contributed by atoms with E-state index in [0.29, 0.717) is 11.4 Å². The molecule has 0 fully saturated rings. The molecule has 1 heterocycles. The maximum atomic E-state index is 13.7.